The third-order valence-corrected chi connectivity index (χ3v) is 2.80. The van der Waals surface area contributed by atoms with Crippen LogP contribution >= 0.6 is 0 Å². The Balaban J connectivity index is 1.84. The molecule has 0 saturated heterocycles. The van der Waals surface area contributed by atoms with Crippen LogP contribution in [0.25, 0.3) is 5.65 Å². The van der Waals surface area contributed by atoms with Gasteiger partial charge in [0.15, 0.2) is 5.65 Å². The third kappa shape index (κ3) is 2.35. The van der Waals surface area contributed by atoms with Crippen molar-refractivity contribution in [2.45, 2.75) is 6.92 Å². The first-order chi connectivity index (χ1) is 9.61. The highest BCUT2D eigenvalue weighted by Gasteiger charge is 2.07. The maximum atomic E-state index is 12.8. The van der Waals surface area contributed by atoms with Crippen LogP contribution in [0.2, 0.25) is 0 Å². The highest BCUT2D eigenvalue weighted by atomic mass is 19.1. The molecule has 2 aromatic heterocycles. The predicted octanol–water partition coefficient (Wildman–Crippen LogP) is 2.43. The number of carbonyl (C=O) groups excluding carboxylic acids is 1. The van der Waals surface area contributed by atoms with E-state index in [2.05, 4.69) is 15.4 Å². The van der Waals surface area contributed by atoms with Gasteiger partial charge in [-0.2, -0.15) is 5.10 Å². The first-order valence-corrected chi connectivity index (χ1v) is 6.02. The molecule has 0 atom stereocenters. The van der Waals surface area contributed by atoms with Crippen molar-refractivity contribution in [3.8, 4) is 0 Å². The Kier molecular flexibility index (Phi) is 2.90. The molecule has 0 unspecified atom stereocenters. The standard InChI is InChI=1S/C14H11FN4O/c1-9-16-13-7-6-12(8-19(13)18-9)17-14(20)10-2-4-11(15)5-3-10/h2-8H,1H3,(H,17,20). The van der Waals surface area contributed by atoms with E-state index in [1.54, 1.807) is 29.8 Å². The summed E-state index contributed by atoms with van der Waals surface area (Å²) < 4.78 is 14.4. The number of carbonyl (C=O) groups is 1. The lowest BCUT2D eigenvalue weighted by atomic mass is 10.2. The minimum atomic E-state index is -0.374. The average molecular weight is 270 g/mol. The van der Waals surface area contributed by atoms with E-state index in [0.717, 1.165) is 0 Å². The molecule has 0 aliphatic rings. The molecule has 3 aromatic rings. The van der Waals surface area contributed by atoms with E-state index in [0.29, 0.717) is 22.7 Å². The number of hydrogen-bond acceptors (Lipinski definition) is 3. The monoisotopic (exact) mass is 270 g/mol. The summed E-state index contributed by atoms with van der Waals surface area (Å²) in [5.74, 6) is -0.0192. The first kappa shape index (κ1) is 12.3. The molecule has 100 valence electrons. The Morgan fingerprint density at radius 2 is 1.95 bits per heavy atom. The van der Waals surface area contributed by atoms with E-state index in [9.17, 15) is 9.18 Å². The number of halogens is 1. The van der Waals surface area contributed by atoms with E-state index in [1.807, 2.05) is 0 Å². The number of nitrogens with one attached hydrogen (secondary N) is 1. The van der Waals surface area contributed by atoms with Crippen LogP contribution in [0, 0.1) is 12.7 Å². The van der Waals surface area contributed by atoms with Crippen LogP contribution in [0.4, 0.5) is 10.1 Å². The van der Waals surface area contributed by atoms with Crippen LogP contribution in [0.3, 0.4) is 0 Å². The number of pyridine rings is 1. The quantitative estimate of drug-likeness (QED) is 0.778. The molecule has 0 radical (unpaired) electrons. The fourth-order valence-corrected chi connectivity index (χ4v) is 1.87. The summed E-state index contributed by atoms with van der Waals surface area (Å²) >= 11 is 0. The van der Waals surface area contributed by atoms with E-state index >= 15 is 0 Å². The Labute approximate surface area is 114 Å². The normalized spacial score (nSPS) is 10.7. The fourth-order valence-electron chi connectivity index (χ4n) is 1.87. The molecule has 0 fully saturated rings. The molecule has 20 heavy (non-hydrogen) atoms. The lowest BCUT2D eigenvalue weighted by molar-refractivity contribution is 0.102. The number of aromatic nitrogens is 3. The maximum absolute atomic E-state index is 12.8. The minimum absolute atomic E-state index is 0.304. The average Bonchev–Trinajstić information content (AvgIpc) is 2.78. The lowest BCUT2D eigenvalue weighted by Gasteiger charge is -2.05. The highest BCUT2D eigenvalue weighted by Crippen LogP contribution is 2.12. The molecule has 0 bridgehead atoms. The minimum Gasteiger partial charge on any atom is -0.321 e. The zero-order valence-corrected chi connectivity index (χ0v) is 10.7. The molecule has 1 amide bonds. The number of aryl methyl sites for hydroxylation is 1. The molecule has 3 rings (SSSR count). The Bertz CT molecular complexity index is 779. The molecule has 5 nitrogen and oxygen atoms in total. The van der Waals surface area contributed by atoms with Crippen molar-refractivity contribution in [2.24, 2.45) is 0 Å². The number of amides is 1. The number of benzene rings is 1. The molecule has 2 heterocycles. The van der Waals surface area contributed by atoms with Crippen LogP contribution in [-0.4, -0.2) is 20.5 Å². The SMILES string of the molecule is Cc1nc2ccc(NC(=O)c3ccc(F)cc3)cn2n1. The van der Waals surface area contributed by atoms with Gasteiger partial charge in [-0.25, -0.2) is 13.9 Å². The number of nitrogens with zero attached hydrogens (tertiary/aromatic N) is 3. The summed E-state index contributed by atoms with van der Waals surface area (Å²) in [5.41, 5.74) is 1.69. The van der Waals surface area contributed by atoms with E-state index in [-0.39, 0.29) is 11.7 Å². The Hall–Kier alpha value is -2.76. The summed E-state index contributed by atoms with van der Waals surface area (Å²) in [5, 5.41) is 6.90. The van der Waals surface area contributed by atoms with Crippen LogP contribution < -0.4 is 5.32 Å². The molecule has 0 saturated carbocycles. The molecule has 1 aromatic carbocycles. The second kappa shape index (κ2) is 4.73. The van der Waals surface area contributed by atoms with Crippen molar-refractivity contribution in [3.63, 3.8) is 0 Å². The van der Waals surface area contributed by atoms with Crippen molar-refractivity contribution in [2.75, 3.05) is 5.32 Å². The van der Waals surface area contributed by atoms with Crippen molar-refractivity contribution in [1.82, 2.24) is 14.6 Å². The molecule has 0 aliphatic heterocycles. The number of fused-ring (bicyclic) bond motifs is 1. The summed E-state index contributed by atoms with van der Waals surface area (Å²) in [7, 11) is 0. The molecule has 0 aliphatic carbocycles. The Morgan fingerprint density at radius 3 is 2.70 bits per heavy atom. The van der Waals surface area contributed by atoms with Crippen molar-refractivity contribution < 1.29 is 9.18 Å². The molecule has 1 N–H and O–H groups in total. The van der Waals surface area contributed by atoms with E-state index in [1.165, 1.54) is 24.3 Å². The van der Waals surface area contributed by atoms with Gasteiger partial charge in [-0.15, -0.1) is 0 Å². The Morgan fingerprint density at radius 1 is 1.20 bits per heavy atom. The van der Waals surface area contributed by atoms with Gasteiger partial charge in [0.05, 0.1) is 11.9 Å². The smallest absolute Gasteiger partial charge is 0.255 e. The number of anilines is 1. The zero-order valence-electron chi connectivity index (χ0n) is 10.7. The predicted molar refractivity (Wildman–Crippen MR) is 72.1 cm³/mol. The van der Waals surface area contributed by atoms with Gasteiger partial charge in [0.1, 0.15) is 11.6 Å². The van der Waals surface area contributed by atoms with Crippen LogP contribution in [0.5, 0.6) is 0 Å². The van der Waals surface area contributed by atoms with Crippen molar-refractivity contribution in [1.29, 1.82) is 0 Å². The van der Waals surface area contributed by atoms with Gasteiger partial charge in [-0.05, 0) is 43.3 Å². The van der Waals surface area contributed by atoms with Crippen LogP contribution in [-0.2, 0) is 0 Å². The third-order valence-electron chi connectivity index (χ3n) is 2.80. The van der Waals surface area contributed by atoms with Crippen molar-refractivity contribution in [3.05, 3.63) is 59.8 Å². The summed E-state index contributed by atoms with van der Waals surface area (Å²) in [6.45, 7) is 1.80. The summed E-state index contributed by atoms with van der Waals surface area (Å²) in [4.78, 5) is 16.2. The van der Waals surface area contributed by atoms with Crippen molar-refractivity contribution >= 4 is 17.2 Å². The zero-order chi connectivity index (χ0) is 14.1. The van der Waals surface area contributed by atoms with E-state index < -0.39 is 0 Å². The first-order valence-electron chi connectivity index (χ1n) is 6.02. The van der Waals surface area contributed by atoms with Crippen LogP contribution in [0.1, 0.15) is 16.2 Å². The van der Waals surface area contributed by atoms with Crippen LogP contribution in [0.15, 0.2) is 42.6 Å². The summed E-state index contributed by atoms with van der Waals surface area (Å²) in [6.07, 6.45) is 1.68. The fraction of sp³-hybridized carbons (Fsp3) is 0.0714. The van der Waals surface area contributed by atoms with Gasteiger partial charge in [0, 0.05) is 5.56 Å². The lowest BCUT2D eigenvalue weighted by Crippen LogP contribution is -2.12. The molecular weight excluding hydrogens is 259 g/mol. The van der Waals surface area contributed by atoms with Gasteiger partial charge in [0.2, 0.25) is 0 Å². The van der Waals surface area contributed by atoms with Gasteiger partial charge in [0.25, 0.3) is 5.91 Å². The summed E-state index contributed by atoms with van der Waals surface area (Å²) in [6, 6.07) is 8.87. The second-order valence-corrected chi connectivity index (χ2v) is 4.34. The second-order valence-electron chi connectivity index (χ2n) is 4.34. The highest BCUT2D eigenvalue weighted by molar-refractivity contribution is 6.04. The van der Waals surface area contributed by atoms with E-state index in [4.69, 9.17) is 0 Å². The maximum Gasteiger partial charge on any atom is 0.255 e. The molecular formula is C14H11FN4O. The molecule has 6 heteroatoms. The number of rotatable bonds is 2. The molecule has 0 spiro atoms. The van der Waals surface area contributed by atoms with Gasteiger partial charge >= 0.3 is 0 Å². The van der Waals surface area contributed by atoms with Gasteiger partial charge in [-0.3, -0.25) is 4.79 Å². The van der Waals surface area contributed by atoms with Gasteiger partial charge in [-0.1, -0.05) is 0 Å². The topological polar surface area (TPSA) is 59.3 Å². The van der Waals surface area contributed by atoms with Gasteiger partial charge < -0.3 is 5.32 Å². The largest absolute Gasteiger partial charge is 0.321 e. The number of hydrogen-bond donors (Lipinski definition) is 1.